The maximum Gasteiger partial charge on any atom is 0.494 e. The maximum absolute atomic E-state index is 11.1. The van der Waals surface area contributed by atoms with Crippen molar-refractivity contribution < 1.29 is 18.1 Å². The summed E-state index contributed by atoms with van der Waals surface area (Å²) in [6.07, 6.45) is 0. The van der Waals surface area contributed by atoms with Crippen LogP contribution >= 0.6 is 0 Å². The molecule has 98 valence electrons. The van der Waals surface area contributed by atoms with Gasteiger partial charge in [0.1, 0.15) is 0 Å². The highest BCUT2D eigenvalue weighted by molar-refractivity contribution is 7.79. The second-order valence-electron chi connectivity index (χ2n) is 5.41. The van der Waals surface area contributed by atoms with Gasteiger partial charge in [-0.3, -0.25) is 0 Å². The van der Waals surface area contributed by atoms with Crippen LogP contribution in [-0.2, 0) is 20.4 Å². The van der Waals surface area contributed by atoms with Crippen molar-refractivity contribution in [2.24, 2.45) is 0 Å². The topological polar surface area (TPSA) is 55.8 Å². The summed E-state index contributed by atoms with van der Waals surface area (Å²) in [4.78, 5) is 0.349. The van der Waals surface area contributed by atoms with Crippen molar-refractivity contribution in [3.63, 3.8) is 0 Å². The zero-order chi connectivity index (χ0) is 13.6. The summed E-state index contributed by atoms with van der Waals surface area (Å²) >= 11 is -1.99. The minimum atomic E-state index is -1.99. The van der Waals surface area contributed by atoms with Gasteiger partial charge in [0.2, 0.25) is 0 Å². The van der Waals surface area contributed by atoms with E-state index in [2.05, 4.69) is 0 Å². The summed E-state index contributed by atoms with van der Waals surface area (Å²) in [5.74, 6) is 0. The first-order valence-corrected chi connectivity index (χ1v) is 6.90. The molecule has 1 saturated heterocycles. The standard InChI is InChI=1S/C12H17BO4S/c1-11(2)12(3,4)17-13(16-11)9-6-5-7-10(8-9)18(14)15/h5-8H,1-4H3,(H,14,15). The van der Waals surface area contributed by atoms with Crippen LogP contribution in [0.5, 0.6) is 0 Å². The molecule has 1 aliphatic heterocycles. The first-order chi connectivity index (χ1) is 8.23. The minimum absolute atomic E-state index is 0.349. The molecule has 1 aromatic rings. The first-order valence-electron chi connectivity index (χ1n) is 5.79. The third kappa shape index (κ3) is 2.38. The van der Waals surface area contributed by atoms with E-state index in [4.69, 9.17) is 13.9 Å². The number of rotatable bonds is 2. The molecular formula is C12H17BO4S. The molecule has 4 nitrogen and oxygen atoms in total. The average molecular weight is 268 g/mol. The summed E-state index contributed by atoms with van der Waals surface area (Å²) in [6, 6.07) is 6.80. The van der Waals surface area contributed by atoms with Crippen molar-refractivity contribution in [2.75, 3.05) is 0 Å². The van der Waals surface area contributed by atoms with E-state index in [1.807, 2.05) is 33.8 Å². The molecule has 1 aromatic carbocycles. The van der Waals surface area contributed by atoms with Gasteiger partial charge in [0.15, 0.2) is 11.1 Å². The highest BCUT2D eigenvalue weighted by Crippen LogP contribution is 2.36. The fraction of sp³-hybridized carbons (Fsp3) is 0.500. The van der Waals surface area contributed by atoms with Crippen LogP contribution in [-0.4, -0.2) is 27.1 Å². The molecule has 18 heavy (non-hydrogen) atoms. The summed E-state index contributed by atoms with van der Waals surface area (Å²) in [5, 5.41) is 0. The largest absolute Gasteiger partial charge is 0.494 e. The molecule has 1 atom stereocenters. The van der Waals surface area contributed by atoms with Gasteiger partial charge in [-0.2, -0.15) is 0 Å². The van der Waals surface area contributed by atoms with Crippen molar-refractivity contribution in [3.8, 4) is 0 Å². The summed E-state index contributed by atoms with van der Waals surface area (Å²) < 4.78 is 31.9. The van der Waals surface area contributed by atoms with E-state index in [1.54, 1.807) is 18.2 Å². The Morgan fingerprint density at radius 2 is 1.72 bits per heavy atom. The number of benzene rings is 1. The Labute approximate surface area is 110 Å². The van der Waals surface area contributed by atoms with Crippen molar-refractivity contribution in [1.29, 1.82) is 0 Å². The van der Waals surface area contributed by atoms with Crippen LogP contribution in [0.25, 0.3) is 0 Å². The molecule has 0 aromatic heterocycles. The predicted molar refractivity (Wildman–Crippen MR) is 71.2 cm³/mol. The van der Waals surface area contributed by atoms with Gasteiger partial charge in [-0.15, -0.1) is 0 Å². The lowest BCUT2D eigenvalue weighted by Gasteiger charge is -2.32. The predicted octanol–water partition coefficient (Wildman–Crippen LogP) is 1.57. The fourth-order valence-corrected chi connectivity index (χ4v) is 2.18. The van der Waals surface area contributed by atoms with Crippen molar-refractivity contribution in [2.45, 2.75) is 43.8 Å². The summed E-state index contributed by atoms with van der Waals surface area (Å²) in [5.41, 5.74) is -0.0634. The monoisotopic (exact) mass is 268 g/mol. The molecule has 0 bridgehead atoms. The van der Waals surface area contributed by atoms with Crippen molar-refractivity contribution >= 4 is 23.7 Å². The highest BCUT2D eigenvalue weighted by atomic mass is 32.2. The second-order valence-corrected chi connectivity index (χ2v) is 6.38. The van der Waals surface area contributed by atoms with Crippen LogP contribution in [0.4, 0.5) is 0 Å². The van der Waals surface area contributed by atoms with E-state index < -0.39 is 29.4 Å². The highest BCUT2D eigenvalue weighted by Gasteiger charge is 2.51. The molecule has 0 amide bonds. The van der Waals surface area contributed by atoms with Gasteiger partial charge in [0, 0.05) is 0 Å². The molecule has 2 rings (SSSR count). The molecule has 0 saturated carbocycles. The summed E-state index contributed by atoms with van der Waals surface area (Å²) in [7, 11) is -0.501. The van der Waals surface area contributed by atoms with E-state index in [-0.39, 0.29) is 0 Å². The van der Waals surface area contributed by atoms with Crippen LogP contribution in [0.2, 0.25) is 0 Å². The summed E-state index contributed by atoms with van der Waals surface area (Å²) in [6.45, 7) is 7.89. The molecule has 1 N–H and O–H groups in total. The molecule has 1 fully saturated rings. The molecule has 6 heteroatoms. The van der Waals surface area contributed by atoms with Gasteiger partial charge in [-0.05, 0) is 45.3 Å². The smallest absolute Gasteiger partial charge is 0.399 e. The first kappa shape index (κ1) is 13.7. The van der Waals surface area contributed by atoms with Gasteiger partial charge < -0.3 is 13.9 Å². The number of hydrogen-bond acceptors (Lipinski definition) is 3. The Kier molecular flexibility index (Phi) is 3.40. The Balaban J connectivity index is 2.30. The normalized spacial score (nSPS) is 23.1. The van der Waals surface area contributed by atoms with Crippen LogP contribution in [0, 0.1) is 0 Å². The van der Waals surface area contributed by atoms with Gasteiger partial charge in [-0.1, -0.05) is 12.1 Å². The third-order valence-electron chi connectivity index (χ3n) is 3.59. The van der Waals surface area contributed by atoms with E-state index >= 15 is 0 Å². The molecule has 0 aliphatic carbocycles. The Hall–Kier alpha value is -0.685. The number of hydrogen-bond donors (Lipinski definition) is 1. The van der Waals surface area contributed by atoms with E-state index in [0.717, 1.165) is 5.46 Å². The lowest BCUT2D eigenvalue weighted by molar-refractivity contribution is 0.00578. The Bertz CT molecular complexity index is 471. The zero-order valence-electron chi connectivity index (χ0n) is 11.0. The minimum Gasteiger partial charge on any atom is -0.399 e. The zero-order valence-corrected chi connectivity index (χ0v) is 11.8. The fourth-order valence-electron chi connectivity index (χ4n) is 1.75. The van der Waals surface area contributed by atoms with Gasteiger partial charge in [-0.25, -0.2) is 4.21 Å². The molecule has 0 spiro atoms. The van der Waals surface area contributed by atoms with Crippen LogP contribution in [0.3, 0.4) is 0 Å². The molecule has 0 radical (unpaired) electrons. The quantitative estimate of drug-likeness (QED) is 0.653. The lowest BCUT2D eigenvalue weighted by Crippen LogP contribution is -2.41. The average Bonchev–Trinajstić information content (AvgIpc) is 2.48. The Morgan fingerprint density at radius 1 is 1.17 bits per heavy atom. The molecule has 1 aliphatic rings. The molecule has 1 unspecified atom stereocenters. The van der Waals surface area contributed by atoms with Crippen molar-refractivity contribution in [3.05, 3.63) is 24.3 Å². The SMILES string of the molecule is CC1(C)OB(c2cccc(S(=O)O)c2)OC1(C)C. The van der Waals surface area contributed by atoms with E-state index in [1.165, 1.54) is 0 Å². The van der Waals surface area contributed by atoms with Crippen LogP contribution < -0.4 is 5.46 Å². The molecular weight excluding hydrogens is 251 g/mol. The van der Waals surface area contributed by atoms with Crippen LogP contribution in [0.1, 0.15) is 27.7 Å². The third-order valence-corrected chi connectivity index (χ3v) is 4.24. The lowest BCUT2D eigenvalue weighted by atomic mass is 9.79. The Morgan fingerprint density at radius 3 is 2.22 bits per heavy atom. The van der Waals surface area contributed by atoms with Crippen LogP contribution in [0.15, 0.2) is 29.2 Å². The van der Waals surface area contributed by atoms with Gasteiger partial charge >= 0.3 is 7.12 Å². The van der Waals surface area contributed by atoms with Gasteiger partial charge in [0.25, 0.3) is 0 Å². The van der Waals surface area contributed by atoms with Gasteiger partial charge in [0.05, 0.1) is 16.1 Å². The van der Waals surface area contributed by atoms with Crippen molar-refractivity contribution in [1.82, 2.24) is 0 Å². The molecule has 1 heterocycles. The van der Waals surface area contributed by atoms with E-state index in [9.17, 15) is 4.21 Å². The maximum atomic E-state index is 11.1. The van der Waals surface area contributed by atoms with E-state index in [0.29, 0.717) is 4.90 Å². The second kappa shape index (κ2) is 4.45.